The molecule has 0 aliphatic heterocycles. The second kappa shape index (κ2) is 6.36. The number of halogens is 1. The summed E-state index contributed by atoms with van der Waals surface area (Å²) in [5, 5.41) is 8.84. The Bertz CT molecular complexity index is 747. The van der Waals surface area contributed by atoms with Crippen molar-refractivity contribution in [2.75, 3.05) is 0 Å². The van der Waals surface area contributed by atoms with E-state index >= 15 is 0 Å². The number of rotatable bonds is 1. The van der Waals surface area contributed by atoms with Gasteiger partial charge in [-0.15, -0.1) is 0 Å². The maximum atomic E-state index is 13.1. The molecular weight excluding hydrogens is 265 g/mol. The van der Waals surface area contributed by atoms with Gasteiger partial charge in [0.2, 0.25) is 5.95 Å². The molecule has 21 heavy (non-hydrogen) atoms. The Morgan fingerprint density at radius 1 is 1.38 bits per heavy atom. The van der Waals surface area contributed by atoms with Gasteiger partial charge in [-0.2, -0.15) is 9.65 Å². The van der Waals surface area contributed by atoms with Crippen LogP contribution >= 0.6 is 0 Å². The Morgan fingerprint density at radius 2 is 2.14 bits per heavy atom. The first kappa shape index (κ1) is 15.0. The van der Waals surface area contributed by atoms with E-state index in [1.54, 1.807) is 6.07 Å². The van der Waals surface area contributed by atoms with Crippen LogP contribution in [0.25, 0.3) is 11.0 Å². The fraction of sp³-hybridized carbons (Fsp3) is 0.294. The number of aryl methyl sites for hydroxylation is 1. The summed E-state index contributed by atoms with van der Waals surface area (Å²) in [5.74, 6) is -0.463. The van der Waals surface area contributed by atoms with Crippen molar-refractivity contribution in [1.29, 1.82) is 5.26 Å². The van der Waals surface area contributed by atoms with E-state index in [4.69, 9.17) is 5.26 Å². The molecule has 1 atom stereocenters. The second-order valence-electron chi connectivity index (χ2n) is 4.63. The second-order valence-corrected chi connectivity index (χ2v) is 4.63. The van der Waals surface area contributed by atoms with Gasteiger partial charge in [0.1, 0.15) is 0 Å². The van der Waals surface area contributed by atoms with Gasteiger partial charge in [-0.3, -0.25) is 0 Å². The van der Waals surface area contributed by atoms with Crippen molar-refractivity contribution in [1.82, 2.24) is 9.55 Å². The van der Waals surface area contributed by atoms with Gasteiger partial charge in [0, 0.05) is 11.3 Å². The average Bonchev–Trinajstić information content (AvgIpc) is 2.84. The van der Waals surface area contributed by atoms with Gasteiger partial charge in [0.05, 0.1) is 23.1 Å². The molecular formula is C17H18FN3. The first-order valence-corrected chi connectivity index (χ1v) is 7.11. The summed E-state index contributed by atoms with van der Waals surface area (Å²) < 4.78 is 15.3. The quantitative estimate of drug-likeness (QED) is 0.725. The minimum atomic E-state index is -0.463. The number of pyridine rings is 1. The molecule has 0 fully saturated rings. The maximum absolute atomic E-state index is 13.1. The van der Waals surface area contributed by atoms with Crippen LogP contribution in [-0.2, 0) is 0 Å². The van der Waals surface area contributed by atoms with E-state index < -0.39 is 5.95 Å². The van der Waals surface area contributed by atoms with Crippen LogP contribution < -0.4 is 0 Å². The molecule has 2 aromatic rings. The SMILES string of the molecule is CC.Cc1cc2nc(F)ccc2n1C1C=CC(C#N)=CC1. The molecule has 1 unspecified atom stereocenters. The van der Waals surface area contributed by atoms with Crippen molar-refractivity contribution in [2.45, 2.75) is 33.2 Å². The summed E-state index contributed by atoms with van der Waals surface area (Å²) in [6.07, 6.45) is 6.53. The number of hydrogen-bond donors (Lipinski definition) is 0. The zero-order chi connectivity index (χ0) is 15.4. The Labute approximate surface area is 124 Å². The summed E-state index contributed by atoms with van der Waals surface area (Å²) in [5.41, 5.74) is 3.31. The van der Waals surface area contributed by atoms with E-state index in [2.05, 4.69) is 15.6 Å². The highest BCUT2D eigenvalue weighted by molar-refractivity contribution is 5.77. The monoisotopic (exact) mass is 283 g/mol. The lowest BCUT2D eigenvalue weighted by atomic mass is 10.0. The van der Waals surface area contributed by atoms with Crippen LogP contribution in [0.4, 0.5) is 4.39 Å². The molecule has 0 aromatic carbocycles. The van der Waals surface area contributed by atoms with Gasteiger partial charge in [-0.1, -0.05) is 26.0 Å². The Morgan fingerprint density at radius 3 is 2.76 bits per heavy atom. The first-order chi connectivity index (χ1) is 10.2. The molecule has 0 spiro atoms. The fourth-order valence-electron chi connectivity index (χ4n) is 2.53. The Hall–Kier alpha value is -2.41. The van der Waals surface area contributed by atoms with Crippen LogP contribution in [0.1, 0.15) is 32.0 Å². The third-order valence-corrected chi connectivity index (χ3v) is 3.39. The summed E-state index contributed by atoms with van der Waals surface area (Å²) >= 11 is 0. The molecule has 0 radical (unpaired) electrons. The molecule has 0 bridgehead atoms. The molecule has 108 valence electrons. The fourth-order valence-corrected chi connectivity index (χ4v) is 2.53. The van der Waals surface area contributed by atoms with Gasteiger partial charge in [0.25, 0.3) is 0 Å². The number of fused-ring (bicyclic) bond motifs is 1. The van der Waals surface area contributed by atoms with Gasteiger partial charge >= 0.3 is 0 Å². The lowest BCUT2D eigenvalue weighted by Crippen LogP contribution is -2.09. The minimum absolute atomic E-state index is 0.155. The topological polar surface area (TPSA) is 41.6 Å². The first-order valence-electron chi connectivity index (χ1n) is 7.11. The highest BCUT2D eigenvalue weighted by atomic mass is 19.1. The molecule has 1 aliphatic carbocycles. The van der Waals surface area contributed by atoms with E-state index in [1.165, 1.54) is 6.07 Å². The highest BCUT2D eigenvalue weighted by Gasteiger charge is 2.16. The molecule has 0 N–H and O–H groups in total. The molecule has 3 nitrogen and oxygen atoms in total. The largest absolute Gasteiger partial charge is 0.336 e. The molecule has 0 saturated carbocycles. The molecule has 1 aliphatic rings. The number of nitriles is 1. The standard InChI is InChI=1S/C15H12FN3.C2H6/c1-10-8-13-14(6-7-15(16)18-13)19(10)12-4-2-11(9-17)3-5-12;1-2/h2-4,6-8,12H,5H2,1H3;1-2H3. The van der Waals surface area contributed by atoms with Crippen molar-refractivity contribution < 1.29 is 4.39 Å². The van der Waals surface area contributed by atoms with E-state index in [0.29, 0.717) is 11.1 Å². The van der Waals surface area contributed by atoms with Gasteiger partial charge in [-0.05, 0) is 37.6 Å². The van der Waals surface area contributed by atoms with Crippen molar-refractivity contribution in [3.63, 3.8) is 0 Å². The van der Waals surface area contributed by atoms with E-state index in [0.717, 1.165) is 17.6 Å². The zero-order valence-electron chi connectivity index (χ0n) is 12.5. The Balaban J connectivity index is 0.000000774. The zero-order valence-corrected chi connectivity index (χ0v) is 12.5. The lowest BCUT2D eigenvalue weighted by Gasteiger charge is -2.19. The summed E-state index contributed by atoms with van der Waals surface area (Å²) in [6.45, 7) is 5.98. The van der Waals surface area contributed by atoms with Gasteiger partial charge < -0.3 is 4.57 Å². The third kappa shape index (κ3) is 2.87. The van der Waals surface area contributed by atoms with E-state index in [9.17, 15) is 4.39 Å². The summed E-state index contributed by atoms with van der Waals surface area (Å²) in [7, 11) is 0. The van der Waals surface area contributed by atoms with E-state index in [1.807, 2.05) is 45.1 Å². The highest BCUT2D eigenvalue weighted by Crippen LogP contribution is 2.28. The van der Waals surface area contributed by atoms with Crippen LogP contribution in [0.5, 0.6) is 0 Å². The van der Waals surface area contributed by atoms with Crippen molar-refractivity contribution >= 4 is 11.0 Å². The van der Waals surface area contributed by atoms with Crippen LogP contribution in [0, 0.1) is 24.2 Å². The van der Waals surface area contributed by atoms with Crippen LogP contribution in [0.2, 0.25) is 0 Å². The molecule has 2 aromatic heterocycles. The lowest BCUT2D eigenvalue weighted by molar-refractivity contribution is 0.586. The van der Waals surface area contributed by atoms with Crippen LogP contribution in [0.15, 0.2) is 42.0 Å². The molecule has 2 heterocycles. The van der Waals surface area contributed by atoms with E-state index in [-0.39, 0.29) is 6.04 Å². The summed E-state index contributed by atoms with van der Waals surface area (Å²) in [4.78, 5) is 3.90. The van der Waals surface area contributed by atoms with Crippen molar-refractivity contribution in [2.24, 2.45) is 0 Å². The molecule has 0 amide bonds. The predicted molar refractivity (Wildman–Crippen MR) is 82.3 cm³/mol. The predicted octanol–water partition coefficient (Wildman–Crippen LogP) is 4.46. The molecule has 3 rings (SSSR count). The third-order valence-electron chi connectivity index (χ3n) is 3.39. The van der Waals surface area contributed by atoms with Crippen molar-refractivity contribution in [3.8, 4) is 6.07 Å². The summed E-state index contributed by atoms with van der Waals surface area (Å²) in [6, 6.07) is 7.30. The number of aromatic nitrogens is 2. The number of allylic oxidation sites excluding steroid dienone is 4. The van der Waals surface area contributed by atoms with Crippen LogP contribution in [-0.4, -0.2) is 9.55 Å². The van der Waals surface area contributed by atoms with Gasteiger partial charge in [0.15, 0.2) is 0 Å². The smallest absolute Gasteiger partial charge is 0.213 e. The maximum Gasteiger partial charge on any atom is 0.213 e. The molecule has 4 heteroatoms. The van der Waals surface area contributed by atoms with Crippen LogP contribution in [0.3, 0.4) is 0 Å². The number of nitrogens with zero attached hydrogens (tertiary/aromatic N) is 3. The Kier molecular flexibility index (Phi) is 4.54. The normalized spacial score (nSPS) is 16.9. The molecule has 0 saturated heterocycles. The number of hydrogen-bond acceptors (Lipinski definition) is 2. The minimum Gasteiger partial charge on any atom is -0.336 e. The van der Waals surface area contributed by atoms with Gasteiger partial charge in [-0.25, -0.2) is 4.98 Å². The average molecular weight is 283 g/mol. The van der Waals surface area contributed by atoms with Crippen molar-refractivity contribution in [3.05, 3.63) is 53.6 Å².